The fourth-order valence-electron chi connectivity index (χ4n) is 3.73. The van der Waals surface area contributed by atoms with Crippen molar-refractivity contribution in [1.29, 1.82) is 5.26 Å². The van der Waals surface area contributed by atoms with Crippen molar-refractivity contribution in [3.05, 3.63) is 52.8 Å². The molecule has 1 aromatic carbocycles. The molecule has 1 aliphatic rings. The van der Waals surface area contributed by atoms with E-state index >= 15 is 0 Å². The molecule has 144 valence electrons. The zero-order chi connectivity index (χ0) is 19.9. The average molecular weight is 459 g/mol. The van der Waals surface area contributed by atoms with Crippen molar-refractivity contribution in [3.63, 3.8) is 0 Å². The van der Waals surface area contributed by atoms with Crippen molar-refractivity contribution in [3.8, 4) is 6.07 Å². The topological polar surface area (TPSA) is 79.0 Å². The molecule has 8 heteroatoms. The summed E-state index contributed by atoms with van der Waals surface area (Å²) < 4.78 is 28.5. The molecular formula is C20H19BrN4O2S. The van der Waals surface area contributed by atoms with Crippen LogP contribution in [0.2, 0.25) is 0 Å². The van der Waals surface area contributed by atoms with Crippen LogP contribution in [0.4, 0.5) is 5.69 Å². The summed E-state index contributed by atoms with van der Waals surface area (Å²) in [4.78, 5) is 6.88. The summed E-state index contributed by atoms with van der Waals surface area (Å²) in [5.74, 6) is 0.0801. The number of nitriles is 1. The highest BCUT2D eigenvalue weighted by atomic mass is 79.9. The average Bonchev–Trinajstić information content (AvgIpc) is 3.06. The normalized spacial score (nSPS) is 15.7. The molecule has 6 nitrogen and oxygen atoms in total. The molecule has 1 fully saturated rings. The third-order valence-corrected chi connectivity index (χ3v) is 7.44. The van der Waals surface area contributed by atoms with E-state index in [-0.39, 0.29) is 10.8 Å². The number of benzene rings is 1. The number of anilines is 1. The first-order valence-corrected chi connectivity index (χ1v) is 11.3. The predicted molar refractivity (Wildman–Crippen MR) is 112 cm³/mol. The minimum Gasteiger partial charge on any atom is -0.370 e. The Hall–Kier alpha value is -2.37. The minimum absolute atomic E-state index is 0.0801. The second kappa shape index (κ2) is 7.22. The van der Waals surface area contributed by atoms with Crippen molar-refractivity contribution in [2.45, 2.75) is 24.7 Å². The highest BCUT2D eigenvalue weighted by Gasteiger charge is 2.27. The summed E-state index contributed by atoms with van der Waals surface area (Å²) >= 11 is 3.60. The molecule has 2 aromatic heterocycles. The molecule has 0 N–H and O–H groups in total. The molecule has 0 unspecified atom stereocenters. The van der Waals surface area contributed by atoms with Crippen LogP contribution in [-0.4, -0.2) is 30.5 Å². The molecule has 0 saturated carbocycles. The standard InChI is InChI=1S/C20H19BrN4O2S/c1-14-13-25(28(26,27)16-5-3-2-4-6-16)20-18(14)19(17(21)12-23-20)24-9-7-15(11-22)8-10-24/h2-6,12-13,15H,7-10H2,1H3. The third kappa shape index (κ3) is 3.09. The number of hydrogen-bond donors (Lipinski definition) is 0. The molecule has 0 atom stereocenters. The number of halogens is 1. The van der Waals surface area contributed by atoms with Gasteiger partial charge in [0.25, 0.3) is 10.0 Å². The van der Waals surface area contributed by atoms with Crippen molar-refractivity contribution in [2.75, 3.05) is 18.0 Å². The van der Waals surface area contributed by atoms with Gasteiger partial charge in [-0.3, -0.25) is 0 Å². The summed E-state index contributed by atoms with van der Waals surface area (Å²) in [6, 6.07) is 10.7. The Labute approximate surface area is 172 Å². The number of pyridine rings is 1. The Morgan fingerprint density at radius 2 is 1.89 bits per heavy atom. The van der Waals surface area contributed by atoms with Crippen molar-refractivity contribution >= 4 is 42.7 Å². The number of rotatable bonds is 3. The first-order chi connectivity index (χ1) is 13.4. The summed E-state index contributed by atoms with van der Waals surface area (Å²) in [6.45, 7) is 3.41. The lowest BCUT2D eigenvalue weighted by atomic mass is 9.98. The first kappa shape index (κ1) is 19.0. The van der Waals surface area contributed by atoms with E-state index in [2.05, 4.69) is 31.9 Å². The lowest BCUT2D eigenvalue weighted by molar-refractivity contribution is 0.488. The maximum absolute atomic E-state index is 13.2. The number of aryl methyl sites for hydroxylation is 1. The first-order valence-electron chi connectivity index (χ1n) is 9.05. The molecular weight excluding hydrogens is 440 g/mol. The Bertz CT molecular complexity index is 1170. The molecule has 1 saturated heterocycles. The van der Waals surface area contributed by atoms with Crippen LogP contribution in [-0.2, 0) is 10.0 Å². The largest absolute Gasteiger partial charge is 0.370 e. The SMILES string of the molecule is Cc1cn(S(=O)(=O)c2ccccc2)c2ncc(Br)c(N3CCC(C#N)CC3)c12. The van der Waals surface area contributed by atoms with Crippen LogP contribution in [0.1, 0.15) is 18.4 Å². The molecule has 3 heterocycles. The highest BCUT2D eigenvalue weighted by molar-refractivity contribution is 9.10. The number of fused-ring (bicyclic) bond motifs is 1. The predicted octanol–water partition coefficient (Wildman–Crippen LogP) is 4.08. The highest BCUT2D eigenvalue weighted by Crippen LogP contribution is 2.39. The Morgan fingerprint density at radius 1 is 1.21 bits per heavy atom. The monoisotopic (exact) mass is 458 g/mol. The third-order valence-electron chi connectivity index (χ3n) is 5.19. The van der Waals surface area contributed by atoms with Crippen molar-refractivity contribution in [1.82, 2.24) is 8.96 Å². The van der Waals surface area contributed by atoms with Crippen LogP contribution in [0.15, 0.2) is 52.1 Å². The van der Waals surface area contributed by atoms with Gasteiger partial charge in [-0.05, 0) is 53.4 Å². The molecule has 0 radical (unpaired) electrons. The molecule has 0 amide bonds. The number of hydrogen-bond acceptors (Lipinski definition) is 5. The van der Waals surface area contributed by atoms with Crippen LogP contribution in [0.25, 0.3) is 11.0 Å². The van der Waals surface area contributed by atoms with E-state index in [1.54, 1.807) is 42.7 Å². The fraction of sp³-hybridized carbons (Fsp3) is 0.300. The van der Waals surface area contributed by atoms with Gasteiger partial charge in [0.15, 0.2) is 5.65 Å². The van der Waals surface area contributed by atoms with Gasteiger partial charge in [0.1, 0.15) is 0 Å². The smallest absolute Gasteiger partial charge is 0.269 e. The molecule has 0 bridgehead atoms. The van der Waals surface area contributed by atoms with Gasteiger partial charge in [0.05, 0.1) is 21.1 Å². The van der Waals surface area contributed by atoms with Crippen LogP contribution < -0.4 is 4.90 Å². The maximum atomic E-state index is 13.2. The lowest BCUT2D eigenvalue weighted by Gasteiger charge is -2.32. The van der Waals surface area contributed by atoms with Crippen LogP contribution in [0.5, 0.6) is 0 Å². The fourth-order valence-corrected chi connectivity index (χ4v) is 5.67. The number of piperidine rings is 1. The number of nitrogens with zero attached hydrogens (tertiary/aromatic N) is 4. The summed E-state index contributed by atoms with van der Waals surface area (Å²) in [5, 5.41) is 9.99. The zero-order valence-electron chi connectivity index (χ0n) is 15.3. The Kier molecular flexibility index (Phi) is 4.89. The van der Waals surface area contributed by atoms with Gasteiger partial charge >= 0.3 is 0 Å². The van der Waals surface area contributed by atoms with E-state index in [4.69, 9.17) is 5.26 Å². The summed E-state index contributed by atoms with van der Waals surface area (Å²) in [6.07, 6.45) is 4.89. The van der Waals surface area contributed by atoms with Gasteiger partial charge in [0, 0.05) is 36.8 Å². The van der Waals surface area contributed by atoms with E-state index in [0.29, 0.717) is 5.65 Å². The van der Waals surface area contributed by atoms with Crippen LogP contribution in [0.3, 0.4) is 0 Å². The second-order valence-corrected chi connectivity index (χ2v) is 9.64. The Balaban J connectivity index is 1.87. The summed E-state index contributed by atoms with van der Waals surface area (Å²) in [7, 11) is -3.74. The van der Waals surface area contributed by atoms with Gasteiger partial charge in [0.2, 0.25) is 0 Å². The molecule has 4 rings (SSSR count). The van der Waals surface area contributed by atoms with Crippen LogP contribution >= 0.6 is 15.9 Å². The molecule has 3 aromatic rings. The molecule has 1 aliphatic heterocycles. The Morgan fingerprint density at radius 3 is 2.54 bits per heavy atom. The molecule has 28 heavy (non-hydrogen) atoms. The van der Waals surface area contributed by atoms with E-state index in [1.807, 2.05) is 6.92 Å². The van der Waals surface area contributed by atoms with Crippen molar-refractivity contribution in [2.24, 2.45) is 5.92 Å². The van der Waals surface area contributed by atoms with Gasteiger partial charge < -0.3 is 4.90 Å². The second-order valence-electron chi connectivity index (χ2n) is 6.97. The van der Waals surface area contributed by atoms with Crippen LogP contribution in [0, 0.1) is 24.2 Å². The minimum atomic E-state index is -3.74. The summed E-state index contributed by atoms with van der Waals surface area (Å²) in [5.41, 5.74) is 2.21. The van der Waals surface area contributed by atoms with Gasteiger partial charge in [-0.2, -0.15) is 5.26 Å². The van der Waals surface area contributed by atoms with Gasteiger partial charge in [-0.15, -0.1) is 0 Å². The van der Waals surface area contributed by atoms with E-state index < -0.39 is 10.0 Å². The van der Waals surface area contributed by atoms with E-state index in [0.717, 1.165) is 47.0 Å². The van der Waals surface area contributed by atoms with E-state index in [1.165, 1.54) is 3.97 Å². The maximum Gasteiger partial charge on any atom is 0.269 e. The van der Waals surface area contributed by atoms with Gasteiger partial charge in [-0.25, -0.2) is 17.4 Å². The number of aromatic nitrogens is 2. The van der Waals surface area contributed by atoms with Crippen molar-refractivity contribution < 1.29 is 8.42 Å². The lowest BCUT2D eigenvalue weighted by Crippen LogP contribution is -2.33. The molecule has 0 spiro atoms. The van der Waals surface area contributed by atoms with Gasteiger partial charge in [-0.1, -0.05) is 18.2 Å². The zero-order valence-corrected chi connectivity index (χ0v) is 17.7. The van der Waals surface area contributed by atoms with E-state index in [9.17, 15) is 8.42 Å². The molecule has 0 aliphatic carbocycles. The quantitative estimate of drug-likeness (QED) is 0.590.